The first-order valence-electron chi connectivity index (χ1n) is 12.6. The second-order valence-corrected chi connectivity index (χ2v) is 11.0. The lowest BCUT2D eigenvalue weighted by atomic mass is 9.73. The highest BCUT2D eigenvalue weighted by atomic mass is 79.9. The zero-order valence-corrected chi connectivity index (χ0v) is 23.9. The number of ether oxygens (including phenoxy) is 1. The molecule has 1 heterocycles. The largest absolute Gasteiger partial charge is 0.487 e. The van der Waals surface area contributed by atoms with E-state index in [1.165, 1.54) is 18.2 Å². The quantitative estimate of drug-likeness (QED) is 0.321. The Kier molecular flexibility index (Phi) is 7.53. The van der Waals surface area contributed by atoms with Crippen LogP contribution in [0.3, 0.4) is 0 Å². The van der Waals surface area contributed by atoms with Gasteiger partial charge in [-0.15, -0.1) is 0 Å². The molecule has 0 spiro atoms. The summed E-state index contributed by atoms with van der Waals surface area (Å²) in [7, 11) is 0. The molecule has 2 aliphatic rings. The third-order valence-electron chi connectivity index (χ3n) is 7.29. The zero-order chi connectivity index (χ0) is 27.8. The number of para-hydroxylation sites is 1. The van der Waals surface area contributed by atoms with Gasteiger partial charge in [-0.05, 0) is 89.6 Å². The first kappa shape index (κ1) is 27.0. The van der Waals surface area contributed by atoms with E-state index in [1.807, 2.05) is 55.1 Å². The predicted octanol–water partition coefficient (Wildman–Crippen LogP) is 7.74. The summed E-state index contributed by atoms with van der Waals surface area (Å²) in [6.07, 6.45) is 1.80. The second kappa shape index (κ2) is 10.9. The molecular weight excluding hydrogens is 581 g/mol. The number of carbonyl (C=O) groups is 1. The summed E-state index contributed by atoms with van der Waals surface area (Å²) >= 11 is 9.78. The Balaban J connectivity index is 1.64. The molecule has 2 N–H and O–H groups in total. The van der Waals surface area contributed by atoms with E-state index in [9.17, 15) is 14.4 Å². The average Bonchev–Trinajstić information content (AvgIpc) is 2.90. The van der Waals surface area contributed by atoms with E-state index >= 15 is 0 Å². The lowest BCUT2D eigenvalue weighted by Gasteiger charge is -2.40. The molecule has 0 fully saturated rings. The van der Waals surface area contributed by atoms with Crippen molar-refractivity contribution >= 4 is 39.0 Å². The molecule has 0 bridgehead atoms. The molecule has 0 aromatic heterocycles. The molecule has 1 atom stereocenters. The minimum atomic E-state index is -0.593. The number of Topliss-reactive ketones (excluding diaryl/α,β-unsaturated/α-hetero) is 1. The minimum absolute atomic E-state index is 0.0235. The van der Waals surface area contributed by atoms with Gasteiger partial charge in [0.05, 0.1) is 28.3 Å². The van der Waals surface area contributed by atoms with Crippen LogP contribution in [-0.4, -0.2) is 5.78 Å². The fraction of sp³-hybridized carbons (Fsp3) is 0.226. The average molecular weight is 607 g/mol. The van der Waals surface area contributed by atoms with Crippen molar-refractivity contribution in [3.8, 4) is 11.8 Å². The van der Waals surface area contributed by atoms with Crippen LogP contribution in [0.4, 0.5) is 10.1 Å². The van der Waals surface area contributed by atoms with Gasteiger partial charge in [-0.3, -0.25) is 9.69 Å². The summed E-state index contributed by atoms with van der Waals surface area (Å²) in [4.78, 5) is 15.4. The van der Waals surface area contributed by atoms with Gasteiger partial charge < -0.3 is 10.5 Å². The van der Waals surface area contributed by atoms with Crippen LogP contribution in [0.25, 0.3) is 0 Å². The maximum Gasteiger partial charge on any atom is 0.161 e. The number of nitrogens with two attached hydrogens (primary N) is 1. The summed E-state index contributed by atoms with van der Waals surface area (Å²) in [6.45, 7) is 4.10. The molecule has 0 amide bonds. The van der Waals surface area contributed by atoms with Crippen LogP contribution in [0, 0.1) is 31.0 Å². The molecule has 1 unspecified atom stereocenters. The van der Waals surface area contributed by atoms with E-state index in [0.29, 0.717) is 42.0 Å². The van der Waals surface area contributed by atoms with Crippen molar-refractivity contribution in [3.63, 3.8) is 0 Å². The molecule has 5 rings (SSSR count). The summed E-state index contributed by atoms with van der Waals surface area (Å²) in [6, 6.07) is 18.0. The third kappa shape index (κ3) is 4.95. The molecule has 39 heavy (non-hydrogen) atoms. The van der Waals surface area contributed by atoms with Crippen LogP contribution in [0.5, 0.6) is 5.75 Å². The number of hydrogen-bond donors (Lipinski definition) is 1. The van der Waals surface area contributed by atoms with Gasteiger partial charge >= 0.3 is 0 Å². The summed E-state index contributed by atoms with van der Waals surface area (Å²) in [5, 5.41) is 10.6. The number of aryl methyl sites for hydroxylation is 1. The topological polar surface area (TPSA) is 79.3 Å². The molecule has 3 aromatic rings. The number of carbonyl (C=O) groups excluding carboxylic acids is 1. The number of benzene rings is 3. The fourth-order valence-electron chi connectivity index (χ4n) is 5.47. The molecular formula is C31H26BrClFN3O2. The summed E-state index contributed by atoms with van der Waals surface area (Å²) < 4.78 is 20.3. The minimum Gasteiger partial charge on any atom is -0.487 e. The maximum atomic E-state index is 13.6. The normalized spacial score (nSPS) is 17.3. The number of hydrogen-bond acceptors (Lipinski definition) is 5. The number of rotatable bonds is 5. The highest BCUT2D eigenvalue weighted by Crippen LogP contribution is 2.48. The van der Waals surface area contributed by atoms with Crippen molar-refractivity contribution in [1.82, 2.24) is 0 Å². The highest BCUT2D eigenvalue weighted by molar-refractivity contribution is 9.10. The Morgan fingerprint density at radius 1 is 1.18 bits per heavy atom. The van der Waals surface area contributed by atoms with Crippen molar-refractivity contribution < 1.29 is 13.9 Å². The molecule has 1 aliphatic heterocycles. The zero-order valence-electron chi connectivity index (χ0n) is 21.5. The molecule has 8 heteroatoms. The van der Waals surface area contributed by atoms with Crippen LogP contribution in [0.1, 0.15) is 47.4 Å². The van der Waals surface area contributed by atoms with Crippen molar-refractivity contribution in [1.29, 1.82) is 5.26 Å². The van der Waals surface area contributed by atoms with Gasteiger partial charge in [0.15, 0.2) is 5.78 Å². The van der Waals surface area contributed by atoms with E-state index in [-0.39, 0.29) is 17.4 Å². The molecule has 0 saturated carbocycles. The van der Waals surface area contributed by atoms with Crippen LogP contribution in [0.2, 0.25) is 5.02 Å². The maximum absolute atomic E-state index is 13.6. The Hall–Kier alpha value is -3.60. The molecule has 0 saturated heterocycles. The van der Waals surface area contributed by atoms with E-state index in [4.69, 9.17) is 22.1 Å². The lowest BCUT2D eigenvalue weighted by molar-refractivity contribution is -0.116. The van der Waals surface area contributed by atoms with Gasteiger partial charge in [-0.1, -0.05) is 41.4 Å². The number of nitrogens with zero attached hydrogens (tertiary/aromatic N) is 2. The van der Waals surface area contributed by atoms with Crippen LogP contribution >= 0.6 is 27.5 Å². The molecule has 0 radical (unpaired) electrons. The van der Waals surface area contributed by atoms with Gasteiger partial charge in [0.25, 0.3) is 0 Å². The first-order chi connectivity index (χ1) is 18.7. The third-order valence-corrected chi connectivity index (χ3v) is 8.26. The molecule has 3 aromatic carbocycles. The Morgan fingerprint density at radius 2 is 1.95 bits per heavy atom. The van der Waals surface area contributed by atoms with Crippen molar-refractivity contribution in [2.75, 3.05) is 4.90 Å². The van der Waals surface area contributed by atoms with Gasteiger partial charge in [-0.2, -0.15) is 5.26 Å². The van der Waals surface area contributed by atoms with E-state index in [2.05, 4.69) is 22.0 Å². The van der Waals surface area contributed by atoms with Gasteiger partial charge in [0.2, 0.25) is 0 Å². The van der Waals surface area contributed by atoms with Crippen LogP contribution in [-0.2, 0) is 11.4 Å². The summed E-state index contributed by atoms with van der Waals surface area (Å²) in [5.41, 5.74) is 12.9. The molecule has 1 aliphatic carbocycles. The van der Waals surface area contributed by atoms with Crippen LogP contribution < -0.4 is 15.4 Å². The molecule has 198 valence electrons. The highest BCUT2D eigenvalue weighted by Gasteiger charge is 2.41. The van der Waals surface area contributed by atoms with E-state index < -0.39 is 11.7 Å². The first-order valence-corrected chi connectivity index (χ1v) is 13.8. The van der Waals surface area contributed by atoms with Gasteiger partial charge in [0, 0.05) is 22.2 Å². The Labute approximate surface area is 240 Å². The van der Waals surface area contributed by atoms with Crippen molar-refractivity contribution in [2.24, 2.45) is 5.73 Å². The number of allylic oxidation sites excluding steroid dienone is 3. The standard InChI is InChI=1S/C31H26BrClFN3O2/c1-17-12-19(16-39-28-11-10-20(34)14-24(28)33)18(2)21(13-17)29-22(15-35)31(36)37(25-7-4-3-6-23(25)32)26-8-5-9-27(38)30(26)29/h3-4,6-7,10-14,29H,5,8-9,16,36H2,1-2H3. The number of ketones is 1. The SMILES string of the molecule is Cc1cc(COc2ccc(F)cc2Cl)c(C)c(C2C(C#N)=C(N)N(c3ccccc3Br)C3=C2C(=O)CCC3)c1. The Bertz CT molecular complexity index is 1610. The van der Waals surface area contributed by atoms with E-state index in [0.717, 1.165) is 38.1 Å². The van der Waals surface area contributed by atoms with Crippen molar-refractivity contribution in [3.05, 3.63) is 115 Å². The number of nitriles is 1. The monoisotopic (exact) mass is 605 g/mol. The fourth-order valence-corrected chi connectivity index (χ4v) is 6.15. The smallest absolute Gasteiger partial charge is 0.161 e. The van der Waals surface area contributed by atoms with Crippen molar-refractivity contribution in [2.45, 2.75) is 45.6 Å². The Morgan fingerprint density at radius 3 is 2.67 bits per heavy atom. The van der Waals surface area contributed by atoms with E-state index in [1.54, 1.807) is 0 Å². The molecule has 5 nitrogen and oxygen atoms in total. The van der Waals surface area contributed by atoms with Crippen LogP contribution in [0.15, 0.2) is 81.7 Å². The number of halogens is 3. The summed E-state index contributed by atoms with van der Waals surface area (Å²) in [5.74, 6) is -0.318. The lowest BCUT2D eigenvalue weighted by Crippen LogP contribution is -2.39. The predicted molar refractivity (Wildman–Crippen MR) is 154 cm³/mol. The number of anilines is 1. The van der Waals surface area contributed by atoms with Gasteiger partial charge in [0.1, 0.15) is 24.0 Å². The van der Waals surface area contributed by atoms with Gasteiger partial charge in [-0.25, -0.2) is 4.39 Å². The second-order valence-electron chi connectivity index (χ2n) is 9.77.